The predicted molar refractivity (Wildman–Crippen MR) is 158 cm³/mol. The molecule has 0 bridgehead atoms. The number of ether oxygens (including phenoxy) is 1. The van der Waals surface area contributed by atoms with E-state index in [0.29, 0.717) is 26.2 Å². The van der Waals surface area contributed by atoms with Gasteiger partial charge in [0.15, 0.2) is 6.10 Å². The van der Waals surface area contributed by atoms with E-state index in [1.54, 1.807) is 25.4 Å². The lowest BCUT2D eigenvalue weighted by atomic mass is 10.0. The highest BCUT2D eigenvalue weighted by Crippen LogP contribution is 2.38. The van der Waals surface area contributed by atoms with Crippen LogP contribution in [0.5, 0.6) is 0 Å². The molecular formula is C32H33N7O6. The lowest BCUT2D eigenvalue weighted by molar-refractivity contribution is -0.150. The summed E-state index contributed by atoms with van der Waals surface area (Å²) in [5.41, 5.74) is 4.14. The second-order valence-electron chi connectivity index (χ2n) is 11.8. The first-order chi connectivity index (χ1) is 21.8. The van der Waals surface area contributed by atoms with Crippen LogP contribution in [0, 0.1) is 0 Å². The third kappa shape index (κ3) is 5.12. The number of fused-ring (bicyclic) bond motifs is 2. The first kappa shape index (κ1) is 29.0. The van der Waals surface area contributed by atoms with Crippen LogP contribution < -0.4 is 5.32 Å². The van der Waals surface area contributed by atoms with E-state index in [1.807, 2.05) is 41.3 Å². The number of benzene rings is 2. The van der Waals surface area contributed by atoms with Gasteiger partial charge in [-0.05, 0) is 29.7 Å². The summed E-state index contributed by atoms with van der Waals surface area (Å²) in [6.07, 6.45) is 1.01. The minimum Gasteiger partial charge on any atom is -0.367 e. The third-order valence-electron chi connectivity index (χ3n) is 9.16. The zero-order valence-electron chi connectivity index (χ0n) is 24.8. The molecule has 45 heavy (non-hydrogen) atoms. The molecule has 3 atom stereocenters. The quantitative estimate of drug-likeness (QED) is 0.378. The van der Waals surface area contributed by atoms with Gasteiger partial charge in [0.1, 0.15) is 12.2 Å². The molecule has 2 saturated heterocycles. The molecule has 5 heterocycles. The number of hydrogen-bond acceptors (Lipinski definition) is 9. The van der Waals surface area contributed by atoms with E-state index in [1.165, 1.54) is 0 Å². The van der Waals surface area contributed by atoms with Gasteiger partial charge in [-0.15, -0.1) is 0 Å². The molecule has 4 aliphatic rings. The highest BCUT2D eigenvalue weighted by molar-refractivity contribution is 6.23. The second kappa shape index (κ2) is 11.7. The van der Waals surface area contributed by atoms with Gasteiger partial charge in [0, 0.05) is 51.8 Å². The summed E-state index contributed by atoms with van der Waals surface area (Å²) in [4.78, 5) is 71.5. The summed E-state index contributed by atoms with van der Waals surface area (Å²) < 4.78 is 5.68. The van der Waals surface area contributed by atoms with E-state index in [9.17, 15) is 24.0 Å². The van der Waals surface area contributed by atoms with Crippen molar-refractivity contribution in [3.63, 3.8) is 0 Å². The van der Waals surface area contributed by atoms with E-state index < -0.39 is 35.8 Å². The van der Waals surface area contributed by atoms with Gasteiger partial charge in [-0.3, -0.25) is 49.1 Å². The van der Waals surface area contributed by atoms with Crippen molar-refractivity contribution in [1.29, 1.82) is 0 Å². The van der Waals surface area contributed by atoms with E-state index >= 15 is 0 Å². The van der Waals surface area contributed by atoms with Crippen molar-refractivity contribution in [2.45, 2.75) is 44.2 Å². The van der Waals surface area contributed by atoms with Gasteiger partial charge < -0.3 is 9.64 Å². The Kier molecular flexibility index (Phi) is 7.51. The van der Waals surface area contributed by atoms with Crippen molar-refractivity contribution in [2.75, 3.05) is 33.3 Å². The second-order valence-corrected chi connectivity index (χ2v) is 11.8. The number of H-pyrrole nitrogens is 1. The fourth-order valence-corrected chi connectivity index (χ4v) is 6.89. The topological polar surface area (TPSA) is 148 Å². The average Bonchev–Trinajstić information content (AvgIpc) is 3.71. The number of methoxy groups -OCH3 is 1. The first-order valence-corrected chi connectivity index (χ1v) is 15.1. The van der Waals surface area contributed by atoms with E-state index in [4.69, 9.17) is 4.74 Å². The average molecular weight is 612 g/mol. The summed E-state index contributed by atoms with van der Waals surface area (Å²) in [5.74, 6) is -2.16. The summed E-state index contributed by atoms with van der Waals surface area (Å²) in [5, 5.41) is 9.51. The molecule has 2 fully saturated rings. The van der Waals surface area contributed by atoms with E-state index in [-0.39, 0.29) is 36.0 Å². The number of carbonyl (C=O) groups is 5. The Balaban J connectivity index is 1.02. The van der Waals surface area contributed by atoms with Crippen LogP contribution in [0.15, 0.2) is 54.7 Å². The van der Waals surface area contributed by atoms with Gasteiger partial charge in [0.2, 0.25) is 11.8 Å². The first-order valence-electron chi connectivity index (χ1n) is 15.1. The maximum atomic E-state index is 13.8. The SMILES string of the molecule is CO[C@@H](C(=O)N1Cc2[nH]ncc2C1N1CCN(Cc2ccc3c(c2)C(=O)N(C2CCC(=O)NC2=O)C3=O)CC1)c1ccccc1. The molecule has 13 nitrogen and oxygen atoms in total. The number of amides is 5. The van der Waals surface area contributed by atoms with Gasteiger partial charge in [-0.2, -0.15) is 5.10 Å². The van der Waals surface area contributed by atoms with Crippen LogP contribution >= 0.6 is 0 Å². The molecule has 2 aromatic carbocycles. The number of nitrogens with zero attached hydrogens (tertiary/aromatic N) is 5. The lowest BCUT2D eigenvalue weighted by Crippen LogP contribution is -2.54. The number of imide groups is 2. The summed E-state index contributed by atoms with van der Waals surface area (Å²) >= 11 is 0. The van der Waals surface area contributed by atoms with Gasteiger partial charge >= 0.3 is 0 Å². The molecule has 4 aliphatic heterocycles. The molecule has 2 unspecified atom stereocenters. The van der Waals surface area contributed by atoms with Crippen molar-refractivity contribution in [3.05, 3.63) is 88.2 Å². The number of piperidine rings is 1. The van der Waals surface area contributed by atoms with Crippen molar-refractivity contribution in [1.82, 2.24) is 35.1 Å². The van der Waals surface area contributed by atoms with Crippen LogP contribution in [0.3, 0.4) is 0 Å². The van der Waals surface area contributed by atoms with Crippen molar-refractivity contribution >= 4 is 29.5 Å². The van der Waals surface area contributed by atoms with Crippen LogP contribution in [0.25, 0.3) is 0 Å². The number of carbonyl (C=O) groups excluding carboxylic acids is 5. The number of nitrogens with one attached hydrogen (secondary N) is 2. The maximum Gasteiger partial charge on any atom is 0.262 e. The summed E-state index contributed by atoms with van der Waals surface area (Å²) in [6.45, 7) is 3.85. The Labute approximate surface area is 259 Å². The Hall–Kier alpha value is -4.72. The number of rotatable bonds is 7. The minimum absolute atomic E-state index is 0.0791. The van der Waals surface area contributed by atoms with Crippen LogP contribution in [-0.4, -0.2) is 98.7 Å². The largest absolute Gasteiger partial charge is 0.367 e. The third-order valence-corrected chi connectivity index (χ3v) is 9.16. The Morgan fingerprint density at radius 2 is 1.76 bits per heavy atom. The molecule has 13 heteroatoms. The van der Waals surface area contributed by atoms with E-state index in [0.717, 1.165) is 40.4 Å². The van der Waals surface area contributed by atoms with Gasteiger partial charge in [0.05, 0.1) is 29.6 Å². The maximum absolute atomic E-state index is 13.8. The van der Waals surface area contributed by atoms with Gasteiger partial charge in [-0.1, -0.05) is 36.4 Å². The zero-order valence-corrected chi connectivity index (χ0v) is 24.8. The Bertz CT molecular complexity index is 1680. The number of piperazine rings is 1. The predicted octanol–water partition coefficient (Wildman–Crippen LogP) is 1.36. The standard InChI is InChI=1S/C32H33N7O6/c1-45-27(20-5-3-2-4-6-20)32(44)38-18-24-23(16-33-35-24)29(38)37-13-11-36(12-14-37)17-19-7-8-21-22(15-19)31(43)39(30(21)42)25-9-10-26(40)34-28(25)41/h2-8,15-16,25,27,29H,9-14,17-18H2,1H3,(H,33,35)(H,34,40,41)/t25?,27-,29?/m1/s1. The molecule has 0 radical (unpaired) electrons. The van der Waals surface area contributed by atoms with Crippen LogP contribution in [0.1, 0.15) is 68.2 Å². The lowest BCUT2D eigenvalue weighted by Gasteiger charge is -2.41. The molecular weight excluding hydrogens is 578 g/mol. The van der Waals surface area contributed by atoms with Crippen LogP contribution in [-0.2, 0) is 32.2 Å². The van der Waals surface area contributed by atoms with Gasteiger partial charge in [-0.25, -0.2) is 0 Å². The molecule has 0 aliphatic carbocycles. The number of aromatic nitrogens is 2. The van der Waals surface area contributed by atoms with Crippen LogP contribution in [0.4, 0.5) is 0 Å². The Morgan fingerprint density at radius 3 is 2.49 bits per heavy atom. The molecule has 0 spiro atoms. The highest BCUT2D eigenvalue weighted by atomic mass is 16.5. The number of hydrogen-bond donors (Lipinski definition) is 2. The molecule has 7 rings (SSSR count). The molecule has 5 amide bonds. The highest BCUT2D eigenvalue weighted by Gasteiger charge is 2.45. The van der Waals surface area contributed by atoms with Gasteiger partial charge in [0.25, 0.3) is 17.7 Å². The molecule has 232 valence electrons. The smallest absolute Gasteiger partial charge is 0.262 e. The molecule has 3 aromatic rings. The Morgan fingerprint density at radius 1 is 1.00 bits per heavy atom. The normalized spacial score (nSPS) is 22.9. The zero-order chi connectivity index (χ0) is 31.2. The van der Waals surface area contributed by atoms with Crippen molar-refractivity contribution in [2.24, 2.45) is 0 Å². The van der Waals surface area contributed by atoms with Crippen molar-refractivity contribution < 1.29 is 28.7 Å². The van der Waals surface area contributed by atoms with Crippen LogP contribution in [0.2, 0.25) is 0 Å². The fraction of sp³-hybridized carbons (Fsp3) is 0.375. The summed E-state index contributed by atoms with van der Waals surface area (Å²) in [7, 11) is 1.55. The van der Waals surface area contributed by atoms with Crippen molar-refractivity contribution in [3.8, 4) is 0 Å². The molecule has 2 N–H and O–H groups in total. The number of aromatic amines is 1. The van der Waals surface area contributed by atoms with E-state index in [2.05, 4.69) is 25.3 Å². The molecule has 1 aromatic heterocycles. The minimum atomic E-state index is -0.990. The monoisotopic (exact) mass is 611 g/mol. The fourth-order valence-electron chi connectivity index (χ4n) is 6.89. The molecule has 0 saturated carbocycles. The summed E-state index contributed by atoms with van der Waals surface area (Å²) in [6, 6.07) is 13.7.